The smallest absolute Gasteiger partial charge is 0.284 e. The first-order valence-electron chi connectivity index (χ1n) is 11.9. The molecule has 8 nitrogen and oxygen atoms in total. The van der Waals surface area contributed by atoms with Crippen molar-refractivity contribution >= 4 is 11.2 Å². The van der Waals surface area contributed by atoms with E-state index in [9.17, 15) is 9.90 Å². The van der Waals surface area contributed by atoms with Gasteiger partial charge >= 0.3 is 0 Å². The Hall–Kier alpha value is -4.18. The number of aliphatic hydroxyl groups is 1. The van der Waals surface area contributed by atoms with E-state index in [4.69, 9.17) is 5.73 Å². The largest absolute Gasteiger partial charge is 0.395 e. The zero-order valence-corrected chi connectivity index (χ0v) is 20.4. The Kier molecular flexibility index (Phi) is 6.91. The lowest BCUT2D eigenvalue weighted by Crippen LogP contribution is -2.22. The topological polar surface area (TPSA) is 102 Å². The highest BCUT2D eigenvalue weighted by molar-refractivity contribution is 5.73. The molecule has 5 rings (SSSR count). The molecule has 0 radical (unpaired) electrons. The monoisotopic (exact) mass is 498 g/mol. The number of nitrogens with two attached hydrogens (primary N) is 1. The minimum absolute atomic E-state index is 0.0620. The van der Waals surface area contributed by atoms with Crippen molar-refractivity contribution in [2.45, 2.75) is 13.1 Å². The number of aromatic nitrogens is 4. The summed E-state index contributed by atoms with van der Waals surface area (Å²) in [5.74, 6) is -0.546. The number of benzene rings is 3. The van der Waals surface area contributed by atoms with Crippen LogP contribution in [0, 0.1) is 5.82 Å². The average Bonchev–Trinajstić information content (AvgIpc) is 3.35. The van der Waals surface area contributed by atoms with E-state index in [1.165, 1.54) is 23.3 Å². The van der Waals surface area contributed by atoms with Gasteiger partial charge in [-0.1, -0.05) is 42.5 Å². The number of imidazole rings is 1. The Morgan fingerprint density at radius 3 is 2.54 bits per heavy atom. The number of nitrogens with zero attached hydrogens (tertiary/aromatic N) is 5. The van der Waals surface area contributed by atoms with Gasteiger partial charge in [0, 0.05) is 25.3 Å². The fraction of sp³-hybridized carbons (Fsp3) is 0.179. The summed E-state index contributed by atoms with van der Waals surface area (Å²) in [7, 11) is 1.92. The molecular formula is C28H27FN6O2. The fourth-order valence-corrected chi connectivity index (χ4v) is 4.46. The maximum absolute atomic E-state index is 15.5. The van der Waals surface area contributed by atoms with Gasteiger partial charge in [0.15, 0.2) is 11.2 Å². The summed E-state index contributed by atoms with van der Waals surface area (Å²) in [6.07, 6.45) is 2.83. The summed E-state index contributed by atoms with van der Waals surface area (Å²) < 4.78 is 18.3. The molecule has 0 amide bonds. The van der Waals surface area contributed by atoms with Gasteiger partial charge in [0.1, 0.15) is 18.5 Å². The summed E-state index contributed by atoms with van der Waals surface area (Å²) in [4.78, 5) is 24.1. The lowest BCUT2D eigenvalue weighted by molar-refractivity contribution is 0.217. The number of rotatable bonds is 8. The van der Waals surface area contributed by atoms with Crippen LogP contribution in [0.4, 0.5) is 4.39 Å². The van der Waals surface area contributed by atoms with Gasteiger partial charge in [0.05, 0.1) is 12.3 Å². The van der Waals surface area contributed by atoms with Crippen LogP contribution in [0.3, 0.4) is 0 Å². The molecule has 0 saturated heterocycles. The van der Waals surface area contributed by atoms with Crippen LogP contribution in [-0.2, 0) is 13.1 Å². The van der Waals surface area contributed by atoms with Crippen LogP contribution >= 0.6 is 0 Å². The van der Waals surface area contributed by atoms with Gasteiger partial charge in [-0.15, -0.1) is 0 Å². The lowest BCUT2D eigenvalue weighted by atomic mass is 9.99. The SMILES string of the molecule is CN(CCO)Cc1ccccc1-c1ccc(-n2cnc3ncn(-c4cccc(CN)c4)c3c2=O)c(F)c1. The Balaban J connectivity index is 1.56. The van der Waals surface area contributed by atoms with E-state index in [0.29, 0.717) is 25.2 Å². The predicted molar refractivity (Wildman–Crippen MR) is 141 cm³/mol. The first-order chi connectivity index (χ1) is 18.0. The normalized spacial score (nSPS) is 11.5. The van der Waals surface area contributed by atoms with Gasteiger partial charge in [-0.25, -0.2) is 14.4 Å². The predicted octanol–water partition coefficient (Wildman–Crippen LogP) is 3.26. The van der Waals surface area contributed by atoms with Crippen molar-refractivity contribution in [3.05, 3.63) is 107 Å². The molecule has 2 heterocycles. The zero-order chi connectivity index (χ0) is 25.9. The van der Waals surface area contributed by atoms with E-state index < -0.39 is 11.4 Å². The number of aliphatic hydroxyl groups excluding tert-OH is 1. The van der Waals surface area contributed by atoms with Crippen molar-refractivity contribution in [3.63, 3.8) is 0 Å². The van der Waals surface area contributed by atoms with E-state index >= 15 is 4.39 Å². The Morgan fingerprint density at radius 1 is 1.00 bits per heavy atom. The third kappa shape index (κ3) is 4.79. The molecule has 37 heavy (non-hydrogen) atoms. The lowest BCUT2D eigenvalue weighted by Gasteiger charge is -2.18. The molecule has 188 valence electrons. The molecular weight excluding hydrogens is 471 g/mol. The second-order valence-corrected chi connectivity index (χ2v) is 8.87. The summed E-state index contributed by atoms with van der Waals surface area (Å²) in [6, 6.07) is 20.1. The highest BCUT2D eigenvalue weighted by Gasteiger charge is 2.17. The first-order valence-corrected chi connectivity index (χ1v) is 11.9. The molecule has 0 aliphatic carbocycles. The van der Waals surface area contributed by atoms with Crippen LogP contribution < -0.4 is 11.3 Å². The molecule has 0 spiro atoms. The molecule has 9 heteroatoms. The quantitative estimate of drug-likeness (QED) is 0.341. The third-order valence-corrected chi connectivity index (χ3v) is 6.35. The number of hydrogen-bond acceptors (Lipinski definition) is 6. The molecule has 0 aliphatic rings. The van der Waals surface area contributed by atoms with E-state index in [1.54, 1.807) is 16.7 Å². The van der Waals surface area contributed by atoms with E-state index in [2.05, 4.69) is 9.97 Å². The molecule has 5 aromatic rings. The second kappa shape index (κ2) is 10.4. The Morgan fingerprint density at radius 2 is 1.78 bits per heavy atom. The average molecular weight is 499 g/mol. The number of halogens is 1. The molecule has 3 aromatic carbocycles. The molecule has 2 aromatic heterocycles. The van der Waals surface area contributed by atoms with Crippen LogP contribution in [-0.4, -0.2) is 49.3 Å². The van der Waals surface area contributed by atoms with Gasteiger partial charge in [0.2, 0.25) is 0 Å². The van der Waals surface area contributed by atoms with Crippen molar-refractivity contribution in [2.75, 3.05) is 20.2 Å². The number of fused-ring (bicyclic) bond motifs is 1. The van der Waals surface area contributed by atoms with Gasteiger partial charge in [-0.3, -0.25) is 18.8 Å². The van der Waals surface area contributed by atoms with Crippen molar-refractivity contribution in [3.8, 4) is 22.5 Å². The van der Waals surface area contributed by atoms with Crippen LogP contribution in [0.25, 0.3) is 33.7 Å². The van der Waals surface area contributed by atoms with Crippen LogP contribution in [0.5, 0.6) is 0 Å². The van der Waals surface area contributed by atoms with Crippen LogP contribution in [0.1, 0.15) is 11.1 Å². The van der Waals surface area contributed by atoms with E-state index in [0.717, 1.165) is 22.4 Å². The number of hydrogen-bond donors (Lipinski definition) is 2. The summed E-state index contributed by atoms with van der Waals surface area (Å²) in [5, 5.41) is 9.22. The zero-order valence-electron chi connectivity index (χ0n) is 20.4. The summed E-state index contributed by atoms with van der Waals surface area (Å²) >= 11 is 0. The molecule has 0 bridgehead atoms. The van der Waals surface area contributed by atoms with Crippen molar-refractivity contribution in [1.29, 1.82) is 0 Å². The van der Waals surface area contributed by atoms with Gasteiger partial charge in [-0.2, -0.15) is 0 Å². The van der Waals surface area contributed by atoms with Crippen molar-refractivity contribution in [1.82, 2.24) is 24.0 Å². The maximum Gasteiger partial charge on any atom is 0.284 e. The first kappa shape index (κ1) is 24.5. The van der Waals surface area contributed by atoms with Gasteiger partial charge in [0.25, 0.3) is 5.56 Å². The third-order valence-electron chi connectivity index (χ3n) is 6.35. The number of likely N-dealkylation sites (N-methyl/N-ethyl adjacent to an activating group) is 1. The standard InChI is InChI=1S/C28H27FN6O2/c1-33(11-12-36)16-21-6-2-3-8-23(21)20-9-10-25(24(29)14-20)35-18-32-27-26(28(35)37)34(17-31-27)22-7-4-5-19(13-22)15-30/h2-10,13-14,17-18,36H,11-12,15-16,30H2,1H3. The Labute approximate surface area is 213 Å². The van der Waals surface area contributed by atoms with Crippen molar-refractivity contribution in [2.24, 2.45) is 5.73 Å². The van der Waals surface area contributed by atoms with Crippen molar-refractivity contribution < 1.29 is 9.50 Å². The minimum Gasteiger partial charge on any atom is -0.395 e. The van der Waals surface area contributed by atoms with E-state index in [-0.39, 0.29) is 23.5 Å². The molecule has 0 atom stereocenters. The van der Waals surface area contributed by atoms with Crippen LogP contribution in [0.2, 0.25) is 0 Å². The molecule has 0 saturated carbocycles. The van der Waals surface area contributed by atoms with Gasteiger partial charge < -0.3 is 10.8 Å². The fourth-order valence-electron chi connectivity index (χ4n) is 4.46. The summed E-state index contributed by atoms with van der Waals surface area (Å²) in [5.41, 5.74) is 10.2. The Bertz CT molecular complexity index is 1630. The van der Waals surface area contributed by atoms with E-state index in [1.807, 2.05) is 60.5 Å². The minimum atomic E-state index is -0.546. The second-order valence-electron chi connectivity index (χ2n) is 8.87. The van der Waals surface area contributed by atoms with Gasteiger partial charge in [-0.05, 0) is 53.6 Å². The molecule has 0 fully saturated rings. The highest BCUT2D eigenvalue weighted by Crippen LogP contribution is 2.27. The molecule has 0 aliphatic heterocycles. The van der Waals surface area contributed by atoms with Crippen LogP contribution in [0.15, 0.2) is 84.2 Å². The molecule has 0 unspecified atom stereocenters. The maximum atomic E-state index is 15.5. The highest BCUT2D eigenvalue weighted by atomic mass is 19.1. The summed E-state index contributed by atoms with van der Waals surface area (Å²) in [6.45, 7) is 1.57. The molecule has 3 N–H and O–H groups in total.